The van der Waals surface area contributed by atoms with Crippen molar-refractivity contribution < 1.29 is 0 Å². The van der Waals surface area contributed by atoms with E-state index >= 15 is 0 Å². The predicted octanol–water partition coefficient (Wildman–Crippen LogP) is 9.61. The third-order valence-electron chi connectivity index (χ3n) is 6.99. The highest BCUT2D eigenvalue weighted by atomic mass is 15.2. The van der Waals surface area contributed by atoms with Gasteiger partial charge in [-0.3, -0.25) is 4.90 Å². The Morgan fingerprint density at radius 1 is 0.419 bits per heavy atom. The lowest BCUT2D eigenvalue weighted by Crippen LogP contribution is -2.42. The number of hydrogen-bond acceptors (Lipinski definition) is 2. The van der Waals surface area contributed by atoms with Crippen LogP contribution in [0.2, 0.25) is 0 Å². The molecule has 0 amide bonds. The molecule has 0 spiro atoms. The molecule has 2 N–H and O–H groups in total. The summed E-state index contributed by atoms with van der Waals surface area (Å²) >= 11 is 0. The van der Waals surface area contributed by atoms with E-state index in [1.165, 1.54) is 154 Å². The number of rotatable bonds is 26. The van der Waals surface area contributed by atoms with E-state index in [4.69, 9.17) is 5.73 Å². The summed E-state index contributed by atoms with van der Waals surface area (Å²) in [4.78, 5) is 2.57. The van der Waals surface area contributed by atoms with Crippen molar-refractivity contribution in [3.05, 3.63) is 0 Å². The fourth-order valence-corrected chi connectivity index (χ4v) is 4.66. The number of nitrogens with zero attached hydrogens (tertiary/aromatic N) is 1. The summed E-state index contributed by atoms with van der Waals surface area (Å²) in [5.74, 6) is 0. The van der Waals surface area contributed by atoms with E-state index < -0.39 is 0 Å². The first-order valence-corrected chi connectivity index (χ1v) is 14.8. The van der Waals surface area contributed by atoms with E-state index in [0.29, 0.717) is 0 Å². The van der Waals surface area contributed by atoms with Crippen LogP contribution in [0.1, 0.15) is 168 Å². The maximum Gasteiger partial charge on any atom is 0.0569 e. The molecule has 0 aliphatic heterocycles. The monoisotopic (exact) mass is 438 g/mol. The minimum absolute atomic E-state index is 0.270. The Hall–Kier alpha value is -0.0800. The molecule has 0 saturated heterocycles. The lowest BCUT2D eigenvalue weighted by atomic mass is 10.1. The van der Waals surface area contributed by atoms with E-state index in [-0.39, 0.29) is 6.17 Å². The van der Waals surface area contributed by atoms with Crippen LogP contribution in [-0.4, -0.2) is 24.2 Å². The molecule has 0 rings (SSSR count). The van der Waals surface area contributed by atoms with Gasteiger partial charge in [-0.15, -0.1) is 0 Å². The summed E-state index contributed by atoms with van der Waals surface area (Å²) in [5.41, 5.74) is 6.40. The molecular weight excluding hydrogens is 376 g/mol. The van der Waals surface area contributed by atoms with Gasteiger partial charge in [0.05, 0.1) is 6.17 Å². The zero-order valence-corrected chi connectivity index (χ0v) is 22.3. The third-order valence-corrected chi connectivity index (χ3v) is 6.99. The molecular formula is C29H62N2. The van der Waals surface area contributed by atoms with Crippen LogP contribution in [0.4, 0.5) is 0 Å². The van der Waals surface area contributed by atoms with Gasteiger partial charge in [0.15, 0.2) is 0 Å². The van der Waals surface area contributed by atoms with Crippen LogP contribution >= 0.6 is 0 Å². The highest BCUT2D eigenvalue weighted by Crippen LogP contribution is 2.14. The van der Waals surface area contributed by atoms with E-state index in [1.807, 2.05) is 0 Å². The summed E-state index contributed by atoms with van der Waals surface area (Å²) in [6.07, 6.45) is 32.6. The summed E-state index contributed by atoms with van der Waals surface area (Å²) in [6, 6.07) is 0. The highest BCUT2D eigenvalue weighted by Gasteiger charge is 2.11. The lowest BCUT2D eigenvalue weighted by Gasteiger charge is -2.28. The third kappa shape index (κ3) is 22.9. The summed E-state index contributed by atoms with van der Waals surface area (Å²) in [5, 5.41) is 0. The van der Waals surface area contributed by atoms with Crippen molar-refractivity contribution in [1.29, 1.82) is 0 Å². The second-order valence-corrected chi connectivity index (χ2v) is 10.1. The van der Waals surface area contributed by atoms with Crippen molar-refractivity contribution in [2.45, 2.75) is 175 Å². The molecule has 0 radical (unpaired) electrons. The van der Waals surface area contributed by atoms with Gasteiger partial charge in [-0.2, -0.15) is 0 Å². The largest absolute Gasteiger partial charge is 0.316 e. The van der Waals surface area contributed by atoms with Crippen LogP contribution in [0.15, 0.2) is 0 Å². The standard InChI is InChI=1S/C29H62N2/c1-4-7-9-11-13-15-17-19-21-23-25-27-31(29(30)6-3)28-26-24-22-20-18-16-14-12-10-8-5-2/h29H,4-28,30H2,1-3H3. The smallest absolute Gasteiger partial charge is 0.0569 e. The second-order valence-electron chi connectivity index (χ2n) is 10.1. The van der Waals surface area contributed by atoms with Gasteiger partial charge in [-0.1, -0.05) is 149 Å². The van der Waals surface area contributed by atoms with Crippen molar-refractivity contribution in [3.63, 3.8) is 0 Å². The molecule has 0 aliphatic rings. The zero-order chi connectivity index (χ0) is 22.8. The Bertz CT molecular complexity index is 292. The topological polar surface area (TPSA) is 29.3 Å². The number of hydrogen-bond donors (Lipinski definition) is 1. The number of nitrogens with two attached hydrogens (primary N) is 1. The molecule has 0 aromatic carbocycles. The predicted molar refractivity (Wildman–Crippen MR) is 143 cm³/mol. The first-order chi connectivity index (χ1) is 15.3. The highest BCUT2D eigenvalue weighted by molar-refractivity contribution is 4.65. The van der Waals surface area contributed by atoms with Gasteiger partial charge in [0.25, 0.3) is 0 Å². The van der Waals surface area contributed by atoms with Crippen LogP contribution in [0.3, 0.4) is 0 Å². The first-order valence-electron chi connectivity index (χ1n) is 14.8. The van der Waals surface area contributed by atoms with E-state index in [9.17, 15) is 0 Å². The Kier molecular flexibility index (Phi) is 26.1. The quantitative estimate of drug-likeness (QED) is 0.107. The fraction of sp³-hybridized carbons (Fsp3) is 1.00. The van der Waals surface area contributed by atoms with Gasteiger partial charge in [0.1, 0.15) is 0 Å². The zero-order valence-electron chi connectivity index (χ0n) is 22.3. The van der Waals surface area contributed by atoms with Crippen molar-refractivity contribution in [1.82, 2.24) is 4.90 Å². The average molecular weight is 439 g/mol. The molecule has 0 fully saturated rings. The van der Waals surface area contributed by atoms with Crippen LogP contribution in [0.25, 0.3) is 0 Å². The molecule has 0 bridgehead atoms. The molecule has 0 aliphatic carbocycles. The van der Waals surface area contributed by atoms with Crippen LogP contribution in [0.5, 0.6) is 0 Å². The van der Waals surface area contributed by atoms with Crippen molar-refractivity contribution in [2.24, 2.45) is 5.73 Å². The minimum atomic E-state index is 0.270. The normalized spacial score (nSPS) is 12.7. The number of unbranched alkanes of at least 4 members (excludes halogenated alkanes) is 20. The Balaban J connectivity index is 3.55. The van der Waals surface area contributed by atoms with Gasteiger partial charge < -0.3 is 5.73 Å². The maximum absolute atomic E-state index is 6.40. The molecule has 2 heteroatoms. The fourth-order valence-electron chi connectivity index (χ4n) is 4.66. The second kappa shape index (κ2) is 26.2. The molecule has 0 heterocycles. The summed E-state index contributed by atoms with van der Waals surface area (Å²) < 4.78 is 0. The van der Waals surface area contributed by atoms with Gasteiger partial charge in [-0.05, 0) is 32.4 Å². The molecule has 0 aromatic rings. The van der Waals surface area contributed by atoms with Gasteiger partial charge >= 0.3 is 0 Å². The van der Waals surface area contributed by atoms with Crippen LogP contribution in [0, 0.1) is 0 Å². The van der Waals surface area contributed by atoms with E-state index in [0.717, 1.165) is 6.42 Å². The van der Waals surface area contributed by atoms with E-state index in [1.54, 1.807) is 0 Å². The Morgan fingerprint density at radius 3 is 0.935 bits per heavy atom. The SMILES string of the molecule is CCCCCCCCCCCCCN(CCCCCCCCCCCCC)C(N)CC. The lowest BCUT2D eigenvalue weighted by molar-refractivity contribution is 0.186. The van der Waals surface area contributed by atoms with Gasteiger partial charge in [0, 0.05) is 0 Å². The molecule has 31 heavy (non-hydrogen) atoms. The molecule has 188 valence electrons. The average Bonchev–Trinajstić information content (AvgIpc) is 2.79. The molecule has 0 saturated carbocycles. The van der Waals surface area contributed by atoms with Crippen LogP contribution in [-0.2, 0) is 0 Å². The van der Waals surface area contributed by atoms with Crippen molar-refractivity contribution >= 4 is 0 Å². The van der Waals surface area contributed by atoms with Gasteiger partial charge in [0.2, 0.25) is 0 Å². The van der Waals surface area contributed by atoms with Crippen molar-refractivity contribution in [3.8, 4) is 0 Å². The molecule has 2 nitrogen and oxygen atoms in total. The molecule has 1 atom stereocenters. The summed E-state index contributed by atoms with van der Waals surface area (Å²) in [7, 11) is 0. The molecule has 1 unspecified atom stereocenters. The Labute approximate surface area is 198 Å². The van der Waals surface area contributed by atoms with E-state index in [2.05, 4.69) is 25.7 Å². The minimum Gasteiger partial charge on any atom is -0.316 e. The van der Waals surface area contributed by atoms with Gasteiger partial charge in [-0.25, -0.2) is 0 Å². The van der Waals surface area contributed by atoms with Crippen molar-refractivity contribution in [2.75, 3.05) is 13.1 Å². The maximum atomic E-state index is 6.40. The first kappa shape index (κ1) is 30.9. The summed E-state index contributed by atoms with van der Waals surface area (Å²) in [6.45, 7) is 9.26. The molecule has 0 aromatic heterocycles. The van der Waals surface area contributed by atoms with Crippen LogP contribution < -0.4 is 5.73 Å². The Morgan fingerprint density at radius 2 is 0.677 bits per heavy atom.